The first kappa shape index (κ1) is 11.8. The molecule has 4 nitrogen and oxygen atoms in total. The first-order chi connectivity index (χ1) is 9.24. The third-order valence-corrected chi connectivity index (χ3v) is 2.73. The van der Waals surface area contributed by atoms with Crippen molar-refractivity contribution in [1.82, 2.24) is 19.7 Å². The van der Waals surface area contributed by atoms with Crippen molar-refractivity contribution in [2.24, 2.45) is 0 Å². The molecule has 6 heteroatoms. The molecule has 19 heavy (non-hydrogen) atoms. The lowest BCUT2D eigenvalue weighted by molar-refractivity contribution is 0.627. The maximum atomic E-state index is 12.9. The Hall–Kier alpha value is -2.27. The molecular formula is C13H8ClFN4. The highest BCUT2D eigenvalue weighted by Crippen LogP contribution is 2.21. The highest BCUT2D eigenvalue weighted by atomic mass is 35.5. The van der Waals surface area contributed by atoms with Crippen LogP contribution in [-0.4, -0.2) is 19.7 Å². The third kappa shape index (κ3) is 2.32. The van der Waals surface area contributed by atoms with Gasteiger partial charge in [-0.2, -0.15) is 4.98 Å². The van der Waals surface area contributed by atoms with E-state index in [0.29, 0.717) is 11.5 Å². The van der Waals surface area contributed by atoms with E-state index in [1.165, 1.54) is 12.1 Å². The van der Waals surface area contributed by atoms with Gasteiger partial charge < -0.3 is 0 Å². The van der Waals surface area contributed by atoms with Crippen molar-refractivity contribution in [2.75, 3.05) is 0 Å². The van der Waals surface area contributed by atoms with E-state index in [1.807, 2.05) is 6.07 Å². The van der Waals surface area contributed by atoms with Gasteiger partial charge in [0.2, 0.25) is 5.28 Å². The number of benzene rings is 1. The fourth-order valence-corrected chi connectivity index (χ4v) is 1.89. The van der Waals surface area contributed by atoms with E-state index < -0.39 is 0 Å². The van der Waals surface area contributed by atoms with Crippen LogP contribution in [0.25, 0.3) is 17.1 Å². The van der Waals surface area contributed by atoms with Gasteiger partial charge in [0, 0.05) is 18.0 Å². The van der Waals surface area contributed by atoms with Crippen molar-refractivity contribution in [3.05, 3.63) is 59.9 Å². The van der Waals surface area contributed by atoms with E-state index >= 15 is 0 Å². The highest BCUT2D eigenvalue weighted by molar-refractivity contribution is 6.28. The summed E-state index contributed by atoms with van der Waals surface area (Å²) >= 11 is 5.86. The molecule has 0 spiro atoms. The Morgan fingerprint density at radius 1 is 1.11 bits per heavy atom. The zero-order valence-electron chi connectivity index (χ0n) is 9.66. The van der Waals surface area contributed by atoms with Crippen LogP contribution in [0, 0.1) is 5.82 Å². The molecule has 94 valence electrons. The molecule has 0 N–H and O–H groups in total. The van der Waals surface area contributed by atoms with E-state index in [1.54, 1.807) is 35.3 Å². The van der Waals surface area contributed by atoms with Crippen molar-refractivity contribution in [3.8, 4) is 17.1 Å². The van der Waals surface area contributed by atoms with Crippen LogP contribution >= 0.6 is 11.6 Å². The number of aromatic nitrogens is 4. The average molecular weight is 275 g/mol. The Kier molecular flexibility index (Phi) is 2.97. The van der Waals surface area contributed by atoms with E-state index in [0.717, 1.165) is 5.56 Å². The summed E-state index contributed by atoms with van der Waals surface area (Å²) in [5.74, 6) is 0.252. The molecule has 3 rings (SSSR count). The van der Waals surface area contributed by atoms with Gasteiger partial charge in [-0.1, -0.05) is 0 Å². The van der Waals surface area contributed by atoms with Crippen molar-refractivity contribution in [2.45, 2.75) is 0 Å². The molecule has 0 atom stereocenters. The number of hydrogen-bond acceptors (Lipinski definition) is 3. The van der Waals surface area contributed by atoms with Crippen molar-refractivity contribution >= 4 is 11.6 Å². The Morgan fingerprint density at radius 2 is 1.89 bits per heavy atom. The fourth-order valence-electron chi connectivity index (χ4n) is 1.73. The topological polar surface area (TPSA) is 43.6 Å². The normalized spacial score (nSPS) is 10.6. The average Bonchev–Trinajstić information content (AvgIpc) is 2.83. The molecule has 3 aromatic rings. The molecule has 0 bridgehead atoms. The summed E-state index contributed by atoms with van der Waals surface area (Å²) in [4.78, 5) is 8.20. The van der Waals surface area contributed by atoms with Crippen LogP contribution in [-0.2, 0) is 0 Å². The monoisotopic (exact) mass is 274 g/mol. The van der Waals surface area contributed by atoms with Crippen LogP contribution in [0.15, 0.2) is 48.8 Å². The maximum absolute atomic E-state index is 12.9. The third-order valence-electron chi connectivity index (χ3n) is 2.57. The molecule has 0 aliphatic heterocycles. The van der Waals surface area contributed by atoms with Crippen LogP contribution in [0.5, 0.6) is 0 Å². The van der Waals surface area contributed by atoms with Gasteiger partial charge in [0.15, 0.2) is 5.82 Å². The first-order valence-corrected chi connectivity index (χ1v) is 5.91. The molecule has 2 heterocycles. The van der Waals surface area contributed by atoms with Crippen LogP contribution in [0.1, 0.15) is 0 Å². The number of hydrogen-bond donors (Lipinski definition) is 0. The summed E-state index contributed by atoms with van der Waals surface area (Å²) in [5, 5.41) is 4.24. The molecule has 0 amide bonds. The van der Waals surface area contributed by atoms with Gasteiger partial charge in [-0.05, 0) is 48.0 Å². The number of halogens is 2. The molecule has 0 radical (unpaired) electrons. The molecule has 0 unspecified atom stereocenters. The summed E-state index contributed by atoms with van der Waals surface area (Å²) in [7, 11) is 0. The van der Waals surface area contributed by atoms with Gasteiger partial charge in [-0.15, -0.1) is 5.10 Å². The van der Waals surface area contributed by atoms with Gasteiger partial charge in [0.05, 0.1) is 5.69 Å². The lowest BCUT2D eigenvalue weighted by atomic mass is 10.2. The van der Waals surface area contributed by atoms with Crippen LogP contribution in [0.2, 0.25) is 5.28 Å². The smallest absolute Gasteiger partial charge is 0.243 e. The Balaban J connectivity index is 2.15. The summed E-state index contributed by atoms with van der Waals surface area (Å²) in [6.07, 6.45) is 3.34. The van der Waals surface area contributed by atoms with E-state index in [9.17, 15) is 4.39 Å². The Morgan fingerprint density at radius 3 is 2.58 bits per heavy atom. The molecule has 0 fully saturated rings. The number of rotatable bonds is 2. The molecule has 0 aliphatic rings. The SMILES string of the molecule is Fc1ccc(-n2nc(Cl)nc2-c2cccnc2)cc1. The standard InChI is InChI=1S/C13H8ClFN4/c14-13-17-12(9-2-1-7-16-8-9)19(18-13)11-5-3-10(15)4-6-11/h1-8H. The molecule has 0 aliphatic carbocycles. The predicted molar refractivity (Wildman–Crippen MR) is 69.6 cm³/mol. The lowest BCUT2D eigenvalue weighted by Gasteiger charge is -2.05. The molecular weight excluding hydrogens is 267 g/mol. The van der Waals surface area contributed by atoms with Crippen LogP contribution in [0.3, 0.4) is 0 Å². The second kappa shape index (κ2) is 4.78. The van der Waals surface area contributed by atoms with Crippen LogP contribution < -0.4 is 0 Å². The molecule has 0 saturated heterocycles. The van der Waals surface area contributed by atoms with Crippen molar-refractivity contribution in [1.29, 1.82) is 0 Å². The summed E-state index contributed by atoms with van der Waals surface area (Å²) in [5.41, 5.74) is 1.46. The van der Waals surface area contributed by atoms with Crippen molar-refractivity contribution < 1.29 is 4.39 Å². The lowest BCUT2D eigenvalue weighted by Crippen LogP contribution is -1.99. The summed E-state index contributed by atoms with van der Waals surface area (Å²) in [6.45, 7) is 0. The molecule has 2 aromatic heterocycles. The summed E-state index contributed by atoms with van der Waals surface area (Å²) < 4.78 is 14.5. The second-order valence-electron chi connectivity index (χ2n) is 3.83. The fraction of sp³-hybridized carbons (Fsp3) is 0. The Labute approximate surface area is 113 Å². The van der Waals surface area contributed by atoms with E-state index in [-0.39, 0.29) is 11.1 Å². The number of nitrogens with zero attached hydrogens (tertiary/aromatic N) is 4. The zero-order chi connectivity index (χ0) is 13.2. The Bertz CT molecular complexity index is 694. The second-order valence-corrected chi connectivity index (χ2v) is 4.17. The van der Waals surface area contributed by atoms with Gasteiger partial charge >= 0.3 is 0 Å². The van der Waals surface area contributed by atoms with Gasteiger partial charge in [0.25, 0.3) is 0 Å². The molecule has 0 saturated carbocycles. The minimum atomic E-state index is -0.308. The maximum Gasteiger partial charge on any atom is 0.243 e. The first-order valence-electron chi connectivity index (χ1n) is 5.53. The number of pyridine rings is 1. The minimum absolute atomic E-state index is 0.128. The zero-order valence-corrected chi connectivity index (χ0v) is 10.4. The molecule has 1 aromatic carbocycles. The predicted octanol–water partition coefficient (Wildman–Crippen LogP) is 3.12. The van der Waals surface area contributed by atoms with Gasteiger partial charge in [0.1, 0.15) is 5.82 Å². The van der Waals surface area contributed by atoms with Crippen molar-refractivity contribution in [3.63, 3.8) is 0 Å². The van der Waals surface area contributed by atoms with E-state index in [4.69, 9.17) is 11.6 Å². The highest BCUT2D eigenvalue weighted by Gasteiger charge is 2.12. The minimum Gasteiger partial charge on any atom is -0.264 e. The quantitative estimate of drug-likeness (QED) is 0.721. The van der Waals surface area contributed by atoms with E-state index in [2.05, 4.69) is 15.1 Å². The summed E-state index contributed by atoms with van der Waals surface area (Å²) in [6, 6.07) is 9.59. The van der Waals surface area contributed by atoms with Crippen LogP contribution in [0.4, 0.5) is 4.39 Å². The largest absolute Gasteiger partial charge is 0.264 e. The van der Waals surface area contributed by atoms with Gasteiger partial charge in [-0.3, -0.25) is 4.98 Å². The van der Waals surface area contributed by atoms with Gasteiger partial charge in [-0.25, -0.2) is 9.07 Å².